The van der Waals surface area contributed by atoms with Gasteiger partial charge in [0.05, 0.1) is 26.4 Å². The molecule has 1 saturated heterocycles. The van der Waals surface area contributed by atoms with Crippen LogP contribution in [-0.4, -0.2) is 61.7 Å². The monoisotopic (exact) mass is 390 g/mol. The van der Waals surface area contributed by atoms with Gasteiger partial charge in [0.15, 0.2) is 0 Å². The van der Waals surface area contributed by atoms with Crippen LogP contribution in [0, 0.1) is 0 Å². The number of hydrogen-bond acceptors (Lipinski definition) is 6. The van der Waals surface area contributed by atoms with Gasteiger partial charge in [0.1, 0.15) is 18.4 Å². The maximum atomic E-state index is 12.7. The molecule has 2 heterocycles. The Morgan fingerprint density at radius 3 is 2.57 bits per heavy atom. The van der Waals surface area contributed by atoms with Gasteiger partial charge in [-0.1, -0.05) is 13.0 Å². The molecule has 1 aromatic rings. The Balaban J connectivity index is 1.54. The number of nitrogens with zero attached hydrogens (tertiary/aromatic N) is 1. The predicted octanol–water partition coefficient (Wildman–Crippen LogP) is 1.27. The van der Waals surface area contributed by atoms with Crippen LogP contribution in [0.1, 0.15) is 42.1 Å². The molecule has 1 unspecified atom stereocenters. The Labute approximate surface area is 164 Å². The zero-order valence-electron chi connectivity index (χ0n) is 16.1. The van der Waals surface area contributed by atoms with Crippen LogP contribution in [0.5, 0.6) is 5.75 Å². The topological polar surface area (TPSA) is 94.2 Å². The number of carbonyl (C=O) groups excluding carboxylic acids is 3. The van der Waals surface area contributed by atoms with E-state index in [9.17, 15) is 14.4 Å². The molecule has 8 nitrogen and oxygen atoms in total. The first-order chi connectivity index (χ1) is 13.6. The van der Waals surface area contributed by atoms with Crippen molar-refractivity contribution in [3.8, 4) is 5.75 Å². The normalized spacial score (nSPS) is 19.0. The SMILES string of the molecule is CCCOCCOCCOc1cccc2c1CN(C1CCC(=O)NC1=O)C2=O. The standard InChI is InChI=1S/C20H26N2O6/c1-2-8-26-9-10-27-11-12-28-17-5-3-4-14-15(17)13-22(20(14)25)16-6-7-18(23)21-19(16)24/h3-5,16H,2,6-13H2,1H3,(H,21,23,24). The molecule has 0 spiro atoms. The Hall–Kier alpha value is -2.45. The number of ether oxygens (including phenoxy) is 3. The van der Waals surface area contributed by atoms with Gasteiger partial charge in [0.25, 0.3) is 5.91 Å². The summed E-state index contributed by atoms with van der Waals surface area (Å²) in [5.74, 6) is -0.307. The molecule has 1 fully saturated rings. The minimum Gasteiger partial charge on any atom is -0.491 e. The zero-order chi connectivity index (χ0) is 19.9. The van der Waals surface area contributed by atoms with Crippen molar-refractivity contribution in [3.05, 3.63) is 29.3 Å². The molecule has 2 aliphatic rings. The molecule has 152 valence electrons. The number of carbonyl (C=O) groups is 3. The third-order valence-electron chi connectivity index (χ3n) is 4.74. The largest absolute Gasteiger partial charge is 0.491 e. The predicted molar refractivity (Wildman–Crippen MR) is 99.9 cm³/mol. The first-order valence-corrected chi connectivity index (χ1v) is 9.66. The van der Waals surface area contributed by atoms with Gasteiger partial charge in [-0.15, -0.1) is 0 Å². The fourth-order valence-corrected chi connectivity index (χ4v) is 3.37. The molecule has 1 atom stereocenters. The molecule has 2 aliphatic heterocycles. The van der Waals surface area contributed by atoms with E-state index < -0.39 is 11.9 Å². The molecule has 28 heavy (non-hydrogen) atoms. The Morgan fingerprint density at radius 2 is 1.82 bits per heavy atom. The average molecular weight is 390 g/mol. The molecule has 1 N–H and O–H groups in total. The minimum atomic E-state index is -0.628. The van der Waals surface area contributed by atoms with Gasteiger partial charge in [-0.3, -0.25) is 19.7 Å². The summed E-state index contributed by atoms with van der Waals surface area (Å²) >= 11 is 0. The quantitative estimate of drug-likeness (QED) is 0.478. The molecule has 0 aliphatic carbocycles. The van der Waals surface area contributed by atoms with E-state index in [0.717, 1.165) is 18.6 Å². The highest BCUT2D eigenvalue weighted by atomic mass is 16.5. The second-order valence-electron chi connectivity index (χ2n) is 6.76. The van der Waals surface area contributed by atoms with E-state index in [2.05, 4.69) is 12.2 Å². The smallest absolute Gasteiger partial charge is 0.255 e. The molecule has 1 aromatic carbocycles. The van der Waals surface area contributed by atoms with Gasteiger partial charge in [0.2, 0.25) is 11.8 Å². The summed E-state index contributed by atoms with van der Waals surface area (Å²) in [4.78, 5) is 37.7. The van der Waals surface area contributed by atoms with Crippen molar-refractivity contribution in [2.45, 2.75) is 38.8 Å². The molecule has 8 heteroatoms. The van der Waals surface area contributed by atoms with Crippen LogP contribution in [0.3, 0.4) is 0 Å². The van der Waals surface area contributed by atoms with Crippen molar-refractivity contribution >= 4 is 17.7 Å². The molecule has 3 amide bonds. The summed E-state index contributed by atoms with van der Waals surface area (Å²) < 4.78 is 16.6. The fourth-order valence-electron chi connectivity index (χ4n) is 3.37. The van der Waals surface area contributed by atoms with Crippen molar-refractivity contribution in [3.63, 3.8) is 0 Å². The summed E-state index contributed by atoms with van der Waals surface area (Å²) in [6.45, 7) is 4.93. The van der Waals surface area contributed by atoms with Crippen molar-refractivity contribution in [1.82, 2.24) is 10.2 Å². The number of amides is 3. The van der Waals surface area contributed by atoms with Crippen LogP contribution < -0.4 is 10.1 Å². The number of hydrogen-bond donors (Lipinski definition) is 1. The lowest BCUT2D eigenvalue weighted by Crippen LogP contribution is -2.52. The fraction of sp³-hybridized carbons (Fsp3) is 0.550. The van der Waals surface area contributed by atoms with Crippen molar-refractivity contribution in [2.24, 2.45) is 0 Å². The lowest BCUT2D eigenvalue weighted by molar-refractivity contribution is -0.136. The van der Waals surface area contributed by atoms with E-state index in [0.29, 0.717) is 50.7 Å². The maximum absolute atomic E-state index is 12.7. The van der Waals surface area contributed by atoms with Gasteiger partial charge < -0.3 is 19.1 Å². The number of nitrogens with one attached hydrogen (secondary N) is 1. The molecule has 0 bridgehead atoms. The molecule has 0 saturated carbocycles. The minimum absolute atomic E-state index is 0.209. The summed E-state index contributed by atoms with van der Waals surface area (Å²) in [7, 11) is 0. The van der Waals surface area contributed by atoms with Crippen LogP contribution in [0.2, 0.25) is 0 Å². The molecular weight excluding hydrogens is 364 g/mol. The highest BCUT2D eigenvalue weighted by molar-refractivity contribution is 6.05. The second kappa shape index (κ2) is 9.66. The summed E-state index contributed by atoms with van der Waals surface area (Å²) in [5, 5.41) is 2.30. The number of benzene rings is 1. The number of fused-ring (bicyclic) bond motifs is 1. The van der Waals surface area contributed by atoms with Crippen LogP contribution in [0.25, 0.3) is 0 Å². The van der Waals surface area contributed by atoms with E-state index in [1.165, 1.54) is 4.90 Å². The molecular formula is C20H26N2O6. The Bertz CT molecular complexity index is 735. The van der Waals surface area contributed by atoms with Crippen LogP contribution in [0.15, 0.2) is 18.2 Å². The number of imide groups is 1. The van der Waals surface area contributed by atoms with Gasteiger partial charge in [-0.05, 0) is 25.0 Å². The highest BCUT2D eigenvalue weighted by Crippen LogP contribution is 2.33. The Kier molecular flexibility index (Phi) is 7.00. The molecule has 0 radical (unpaired) electrons. The van der Waals surface area contributed by atoms with Crippen LogP contribution in [0.4, 0.5) is 0 Å². The summed E-state index contributed by atoms with van der Waals surface area (Å²) in [6.07, 6.45) is 1.56. The van der Waals surface area contributed by atoms with E-state index in [1.807, 2.05) is 6.07 Å². The van der Waals surface area contributed by atoms with Gasteiger partial charge in [-0.2, -0.15) is 0 Å². The first kappa shape index (κ1) is 20.3. The lowest BCUT2D eigenvalue weighted by atomic mass is 10.0. The van der Waals surface area contributed by atoms with E-state index in [4.69, 9.17) is 14.2 Å². The van der Waals surface area contributed by atoms with E-state index in [-0.39, 0.29) is 18.2 Å². The first-order valence-electron chi connectivity index (χ1n) is 9.66. The van der Waals surface area contributed by atoms with Gasteiger partial charge >= 0.3 is 0 Å². The van der Waals surface area contributed by atoms with Crippen LogP contribution in [-0.2, 0) is 25.6 Å². The van der Waals surface area contributed by atoms with Crippen molar-refractivity contribution in [2.75, 3.05) is 33.0 Å². The Morgan fingerprint density at radius 1 is 1.07 bits per heavy atom. The highest BCUT2D eigenvalue weighted by Gasteiger charge is 2.40. The van der Waals surface area contributed by atoms with Crippen molar-refractivity contribution in [1.29, 1.82) is 0 Å². The third-order valence-corrected chi connectivity index (χ3v) is 4.74. The maximum Gasteiger partial charge on any atom is 0.255 e. The van der Waals surface area contributed by atoms with E-state index >= 15 is 0 Å². The van der Waals surface area contributed by atoms with E-state index in [1.54, 1.807) is 12.1 Å². The lowest BCUT2D eigenvalue weighted by Gasteiger charge is -2.29. The second-order valence-corrected chi connectivity index (χ2v) is 6.76. The molecule has 0 aromatic heterocycles. The number of rotatable bonds is 10. The third kappa shape index (κ3) is 4.69. The summed E-state index contributed by atoms with van der Waals surface area (Å²) in [6, 6.07) is 4.68. The zero-order valence-corrected chi connectivity index (χ0v) is 16.1. The van der Waals surface area contributed by atoms with Crippen molar-refractivity contribution < 1.29 is 28.6 Å². The summed E-state index contributed by atoms with van der Waals surface area (Å²) in [5.41, 5.74) is 1.31. The van der Waals surface area contributed by atoms with Gasteiger partial charge in [0, 0.05) is 24.2 Å². The van der Waals surface area contributed by atoms with Gasteiger partial charge in [-0.25, -0.2) is 0 Å². The average Bonchev–Trinajstić information content (AvgIpc) is 3.01. The molecule has 3 rings (SSSR count). The van der Waals surface area contributed by atoms with Crippen LogP contribution >= 0.6 is 0 Å². The number of piperidine rings is 1.